The molecule has 0 saturated carbocycles. The van der Waals surface area contributed by atoms with Gasteiger partial charge in [0.1, 0.15) is 17.1 Å². The van der Waals surface area contributed by atoms with Crippen LogP contribution < -0.4 is 10.3 Å². The van der Waals surface area contributed by atoms with Crippen molar-refractivity contribution in [2.75, 3.05) is 39.8 Å². The Kier molecular flexibility index (Phi) is 6.55. The number of fused-ring (bicyclic) bond motifs is 1. The van der Waals surface area contributed by atoms with Crippen molar-refractivity contribution in [3.63, 3.8) is 0 Å². The molecule has 1 fully saturated rings. The molecule has 1 saturated heterocycles. The minimum Gasteiger partial charge on any atom is -0.493 e. The summed E-state index contributed by atoms with van der Waals surface area (Å²) in [5.74, 6) is 0.696. The largest absolute Gasteiger partial charge is 0.493 e. The number of nitrogens with zero attached hydrogens (tertiary/aromatic N) is 5. The van der Waals surface area contributed by atoms with Crippen LogP contribution in [0.4, 0.5) is 0 Å². The molecule has 2 aromatic heterocycles. The van der Waals surface area contributed by atoms with Crippen LogP contribution in [0.25, 0.3) is 22.4 Å². The van der Waals surface area contributed by atoms with Crippen molar-refractivity contribution in [2.45, 2.75) is 38.1 Å². The number of rotatable bonds is 7. The quantitative estimate of drug-likeness (QED) is 0.558. The molecule has 0 spiro atoms. The monoisotopic (exact) mass is 474 g/mol. The van der Waals surface area contributed by atoms with Gasteiger partial charge in [-0.05, 0) is 45.5 Å². The molecule has 4 rings (SSSR count). The van der Waals surface area contributed by atoms with E-state index in [2.05, 4.69) is 20.0 Å². The van der Waals surface area contributed by atoms with Crippen LogP contribution in [0.5, 0.6) is 5.75 Å². The normalized spacial score (nSPS) is 16.8. The minimum absolute atomic E-state index is 0.0484. The lowest BCUT2D eigenvalue weighted by molar-refractivity contribution is 0.222. The molecule has 178 valence electrons. The number of H-pyrrole nitrogens is 1. The number of hydrogen-bond donors (Lipinski definition) is 1. The van der Waals surface area contributed by atoms with E-state index in [-0.39, 0.29) is 22.3 Å². The fourth-order valence-electron chi connectivity index (χ4n) is 3.92. The third-order valence-corrected chi connectivity index (χ3v) is 7.96. The Labute approximate surface area is 193 Å². The third kappa shape index (κ3) is 4.40. The molecule has 11 heteroatoms. The highest BCUT2D eigenvalue weighted by Crippen LogP contribution is 2.32. The Morgan fingerprint density at radius 1 is 1.18 bits per heavy atom. The topological polar surface area (TPSA) is 113 Å². The maximum Gasteiger partial charge on any atom is 0.277 e. The van der Waals surface area contributed by atoms with Crippen LogP contribution in [0.15, 0.2) is 34.1 Å². The molecule has 0 amide bonds. The van der Waals surface area contributed by atoms with Crippen molar-refractivity contribution in [2.24, 2.45) is 0 Å². The lowest BCUT2D eigenvalue weighted by atomic mass is 10.2. The molecule has 33 heavy (non-hydrogen) atoms. The van der Waals surface area contributed by atoms with Gasteiger partial charge in [-0.3, -0.25) is 9.48 Å². The van der Waals surface area contributed by atoms with Gasteiger partial charge in [0.25, 0.3) is 5.56 Å². The van der Waals surface area contributed by atoms with E-state index in [1.807, 2.05) is 27.8 Å². The third-order valence-electron chi connectivity index (χ3n) is 6.07. The molecule has 3 heterocycles. The lowest BCUT2D eigenvalue weighted by Gasteiger charge is -2.31. The predicted octanol–water partition coefficient (Wildman–Crippen LogP) is 2.09. The van der Waals surface area contributed by atoms with Gasteiger partial charge in [-0.25, -0.2) is 13.4 Å². The van der Waals surface area contributed by atoms with Crippen LogP contribution in [0.1, 0.15) is 33.2 Å². The Morgan fingerprint density at radius 3 is 2.58 bits per heavy atom. The summed E-state index contributed by atoms with van der Waals surface area (Å²) in [4.78, 5) is 22.6. The highest BCUT2D eigenvalue weighted by Gasteiger charge is 2.29. The van der Waals surface area contributed by atoms with Crippen LogP contribution >= 0.6 is 0 Å². The minimum atomic E-state index is -3.70. The van der Waals surface area contributed by atoms with E-state index in [0.717, 1.165) is 6.42 Å². The van der Waals surface area contributed by atoms with Gasteiger partial charge in [0.15, 0.2) is 5.52 Å². The summed E-state index contributed by atoms with van der Waals surface area (Å²) in [5, 5.41) is 4.34. The summed E-state index contributed by atoms with van der Waals surface area (Å²) in [6.45, 7) is 8.44. The van der Waals surface area contributed by atoms with Gasteiger partial charge in [0.05, 0.1) is 23.3 Å². The Bertz CT molecular complexity index is 1310. The molecular formula is C22H30N6O4S. The molecule has 1 atom stereocenters. The second-order valence-corrected chi connectivity index (χ2v) is 10.2. The number of likely N-dealkylation sites (N-methyl/N-ethyl adjacent to an activating group) is 1. The van der Waals surface area contributed by atoms with E-state index in [4.69, 9.17) is 4.74 Å². The summed E-state index contributed by atoms with van der Waals surface area (Å²) in [5.41, 5.74) is 0.931. The molecule has 0 aliphatic carbocycles. The van der Waals surface area contributed by atoms with E-state index in [9.17, 15) is 13.2 Å². The van der Waals surface area contributed by atoms with Crippen molar-refractivity contribution in [1.29, 1.82) is 0 Å². The number of aromatic amines is 1. The zero-order valence-corrected chi connectivity index (χ0v) is 20.2. The molecule has 1 aliphatic heterocycles. The van der Waals surface area contributed by atoms with E-state index in [1.165, 1.54) is 10.4 Å². The smallest absolute Gasteiger partial charge is 0.277 e. The average molecular weight is 475 g/mol. The van der Waals surface area contributed by atoms with Gasteiger partial charge in [-0.15, -0.1) is 0 Å². The second-order valence-electron chi connectivity index (χ2n) is 8.29. The van der Waals surface area contributed by atoms with Crippen molar-refractivity contribution in [3.8, 4) is 17.1 Å². The molecule has 1 aromatic carbocycles. The second kappa shape index (κ2) is 9.24. The molecule has 10 nitrogen and oxygen atoms in total. The van der Waals surface area contributed by atoms with Gasteiger partial charge in [0, 0.05) is 32.2 Å². The molecular weight excluding hydrogens is 444 g/mol. The molecule has 1 N–H and O–H groups in total. The first-order chi connectivity index (χ1) is 15.8. The number of benzene rings is 1. The highest BCUT2D eigenvalue weighted by atomic mass is 32.2. The molecule has 1 aliphatic rings. The summed E-state index contributed by atoms with van der Waals surface area (Å²) < 4.78 is 35.5. The van der Waals surface area contributed by atoms with Crippen molar-refractivity contribution < 1.29 is 13.2 Å². The maximum absolute atomic E-state index is 13.3. The molecule has 1 unspecified atom stereocenters. The van der Waals surface area contributed by atoms with Crippen LogP contribution in [-0.2, 0) is 10.0 Å². The van der Waals surface area contributed by atoms with Crippen LogP contribution in [0.2, 0.25) is 0 Å². The Morgan fingerprint density at radius 2 is 1.91 bits per heavy atom. The van der Waals surface area contributed by atoms with Gasteiger partial charge in [-0.2, -0.15) is 9.40 Å². The van der Waals surface area contributed by atoms with E-state index >= 15 is 0 Å². The van der Waals surface area contributed by atoms with Crippen molar-refractivity contribution in [1.82, 2.24) is 29.0 Å². The van der Waals surface area contributed by atoms with E-state index < -0.39 is 10.0 Å². The van der Waals surface area contributed by atoms with Gasteiger partial charge in [0.2, 0.25) is 10.0 Å². The fourth-order valence-corrected chi connectivity index (χ4v) is 5.37. The summed E-state index contributed by atoms with van der Waals surface area (Å²) in [6.07, 6.45) is 2.38. The number of hydrogen-bond acceptors (Lipinski definition) is 7. The number of aromatic nitrogens is 4. The van der Waals surface area contributed by atoms with Crippen LogP contribution in [0, 0.1) is 0 Å². The standard InChI is InChI=1S/C22H30N6O4S/c1-5-15(3)28-20-18(14-23-28)24-21(25-22(20)29)17-13-16(7-8-19(17)32-6-2)33(30,31)27-11-9-26(4)10-12-27/h7-8,13-15H,5-6,9-12H2,1-4H3,(H,24,25,29). The SMILES string of the molecule is CCOc1ccc(S(=O)(=O)N2CCN(C)CC2)cc1-c1nc2cnn(C(C)CC)c2c(=O)[nH]1. The average Bonchev–Trinajstić information content (AvgIpc) is 3.24. The van der Waals surface area contributed by atoms with Crippen LogP contribution in [-0.4, -0.2) is 77.2 Å². The molecule has 3 aromatic rings. The zero-order chi connectivity index (χ0) is 23.8. The number of piperazine rings is 1. The van der Waals surface area contributed by atoms with Crippen molar-refractivity contribution >= 4 is 21.1 Å². The number of sulfonamides is 1. The number of ether oxygens (including phenoxy) is 1. The fraction of sp³-hybridized carbons (Fsp3) is 0.500. The van der Waals surface area contributed by atoms with Crippen molar-refractivity contribution in [3.05, 3.63) is 34.7 Å². The first-order valence-corrected chi connectivity index (χ1v) is 12.6. The highest BCUT2D eigenvalue weighted by molar-refractivity contribution is 7.89. The van der Waals surface area contributed by atoms with E-state index in [1.54, 1.807) is 23.0 Å². The predicted molar refractivity (Wildman–Crippen MR) is 126 cm³/mol. The van der Waals surface area contributed by atoms with Gasteiger partial charge in [-0.1, -0.05) is 6.92 Å². The Balaban J connectivity index is 1.81. The lowest BCUT2D eigenvalue weighted by Crippen LogP contribution is -2.47. The first kappa shape index (κ1) is 23.4. The maximum atomic E-state index is 13.3. The van der Waals surface area contributed by atoms with Crippen LogP contribution in [0.3, 0.4) is 0 Å². The van der Waals surface area contributed by atoms with Gasteiger partial charge < -0.3 is 14.6 Å². The molecule has 0 bridgehead atoms. The van der Waals surface area contributed by atoms with Gasteiger partial charge >= 0.3 is 0 Å². The molecule has 0 radical (unpaired) electrons. The summed E-state index contributed by atoms with van der Waals surface area (Å²) in [7, 11) is -1.72. The van der Waals surface area contributed by atoms with E-state index in [0.29, 0.717) is 55.1 Å². The number of nitrogens with one attached hydrogen (secondary N) is 1. The summed E-state index contributed by atoms with van der Waals surface area (Å²) in [6, 6.07) is 4.74. The first-order valence-electron chi connectivity index (χ1n) is 11.2. The zero-order valence-electron chi connectivity index (χ0n) is 19.4. The summed E-state index contributed by atoms with van der Waals surface area (Å²) >= 11 is 0. The Hall–Kier alpha value is -2.76.